The number of thiophene rings is 1. The first-order chi connectivity index (χ1) is 9.99. The fraction of sp³-hybridized carbons (Fsp3) is 0.357. The van der Waals surface area contributed by atoms with Crippen LogP contribution in [0.15, 0.2) is 29.9 Å². The van der Waals surface area contributed by atoms with Gasteiger partial charge in [0.1, 0.15) is 5.75 Å². The molecular weight excluding hydrogens is 301 g/mol. The van der Waals surface area contributed by atoms with E-state index in [2.05, 4.69) is 10.3 Å². The van der Waals surface area contributed by atoms with Crippen molar-refractivity contribution in [2.24, 2.45) is 0 Å². The maximum absolute atomic E-state index is 13.2. The fourth-order valence-electron chi connectivity index (χ4n) is 2.13. The summed E-state index contributed by atoms with van der Waals surface area (Å²) in [5, 5.41) is 4.87. The van der Waals surface area contributed by atoms with E-state index in [1.807, 2.05) is 6.92 Å². The van der Waals surface area contributed by atoms with Gasteiger partial charge >= 0.3 is 6.18 Å². The second-order valence-corrected chi connectivity index (χ2v) is 5.25. The molecule has 0 aromatic carbocycles. The normalized spacial score (nSPS) is 13.2. The molecule has 0 aliphatic rings. The lowest BCUT2D eigenvalue weighted by Crippen LogP contribution is -2.25. The van der Waals surface area contributed by atoms with Crippen LogP contribution in [-0.2, 0) is 6.18 Å². The van der Waals surface area contributed by atoms with Gasteiger partial charge in [0.2, 0.25) is 0 Å². The summed E-state index contributed by atoms with van der Waals surface area (Å²) < 4.78 is 44.8. The molecule has 1 atom stereocenters. The molecule has 3 nitrogen and oxygen atoms in total. The molecular formula is C14H15F3N2OS. The molecule has 2 aromatic rings. The van der Waals surface area contributed by atoms with Gasteiger partial charge in [-0.25, -0.2) is 0 Å². The van der Waals surface area contributed by atoms with Crippen LogP contribution in [0.5, 0.6) is 5.75 Å². The second-order valence-electron chi connectivity index (χ2n) is 4.30. The number of alkyl halides is 3. The Labute approximate surface area is 124 Å². The SMILES string of the molecule is CCNC(c1cnccc1C(F)(F)F)c1sccc1OC. The molecule has 2 rings (SSSR count). The van der Waals surface area contributed by atoms with Crippen LogP contribution in [0.2, 0.25) is 0 Å². The molecule has 0 saturated carbocycles. The number of aromatic nitrogens is 1. The van der Waals surface area contributed by atoms with E-state index >= 15 is 0 Å². The first-order valence-electron chi connectivity index (χ1n) is 6.34. The lowest BCUT2D eigenvalue weighted by Gasteiger charge is -2.22. The lowest BCUT2D eigenvalue weighted by molar-refractivity contribution is -0.138. The maximum atomic E-state index is 13.2. The van der Waals surface area contributed by atoms with E-state index in [4.69, 9.17) is 4.74 Å². The summed E-state index contributed by atoms with van der Waals surface area (Å²) in [7, 11) is 1.50. The van der Waals surface area contributed by atoms with Gasteiger partial charge in [-0.2, -0.15) is 13.2 Å². The Hall–Kier alpha value is -1.60. The van der Waals surface area contributed by atoms with E-state index in [0.29, 0.717) is 17.2 Å². The van der Waals surface area contributed by atoms with Crippen LogP contribution in [0.3, 0.4) is 0 Å². The van der Waals surface area contributed by atoms with Crippen LogP contribution in [0.1, 0.15) is 29.0 Å². The van der Waals surface area contributed by atoms with E-state index in [1.54, 1.807) is 11.4 Å². The molecule has 2 heterocycles. The molecule has 0 spiro atoms. The molecule has 0 saturated heterocycles. The Morgan fingerprint density at radius 2 is 2.14 bits per heavy atom. The van der Waals surface area contributed by atoms with Crippen LogP contribution in [-0.4, -0.2) is 18.6 Å². The van der Waals surface area contributed by atoms with Gasteiger partial charge in [-0.15, -0.1) is 11.3 Å². The first kappa shape index (κ1) is 15.8. The third-order valence-corrected chi connectivity index (χ3v) is 3.98. The van der Waals surface area contributed by atoms with Crippen molar-refractivity contribution in [3.05, 3.63) is 45.9 Å². The van der Waals surface area contributed by atoms with Crippen molar-refractivity contribution in [3.8, 4) is 5.75 Å². The van der Waals surface area contributed by atoms with Crippen molar-refractivity contribution in [1.29, 1.82) is 0 Å². The van der Waals surface area contributed by atoms with Crippen molar-refractivity contribution in [2.45, 2.75) is 19.1 Å². The molecule has 0 fully saturated rings. The van der Waals surface area contributed by atoms with E-state index in [0.717, 1.165) is 12.3 Å². The molecule has 21 heavy (non-hydrogen) atoms. The number of hydrogen-bond acceptors (Lipinski definition) is 4. The van der Waals surface area contributed by atoms with Crippen LogP contribution in [0, 0.1) is 0 Å². The van der Waals surface area contributed by atoms with Gasteiger partial charge in [0.15, 0.2) is 0 Å². The number of pyridine rings is 1. The average molecular weight is 316 g/mol. The molecule has 0 aliphatic heterocycles. The summed E-state index contributed by atoms with van der Waals surface area (Å²) in [6.45, 7) is 2.37. The van der Waals surface area contributed by atoms with Crippen molar-refractivity contribution >= 4 is 11.3 Å². The fourth-order valence-corrected chi connectivity index (χ4v) is 3.08. The predicted octanol–water partition coefficient (Wildman–Crippen LogP) is 3.87. The van der Waals surface area contributed by atoms with E-state index in [1.165, 1.54) is 24.6 Å². The Balaban J connectivity index is 2.54. The lowest BCUT2D eigenvalue weighted by atomic mass is 10.0. The molecule has 0 radical (unpaired) electrons. The minimum atomic E-state index is -4.42. The zero-order valence-corrected chi connectivity index (χ0v) is 12.4. The summed E-state index contributed by atoms with van der Waals surface area (Å²) >= 11 is 1.35. The summed E-state index contributed by atoms with van der Waals surface area (Å²) in [6.07, 6.45) is -2.01. The molecule has 0 amide bonds. The quantitative estimate of drug-likeness (QED) is 0.909. The number of halogens is 3. The van der Waals surface area contributed by atoms with Gasteiger partial charge < -0.3 is 10.1 Å². The Morgan fingerprint density at radius 1 is 1.38 bits per heavy atom. The third kappa shape index (κ3) is 3.36. The number of methoxy groups -OCH3 is 1. The first-order valence-corrected chi connectivity index (χ1v) is 7.22. The van der Waals surface area contributed by atoms with Crippen molar-refractivity contribution in [2.75, 3.05) is 13.7 Å². The van der Waals surface area contributed by atoms with Gasteiger partial charge in [0.05, 0.1) is 23.6 Å². The minimum Gasteiger partial charge on any atom is -0.496 e. The highest BCUT2D eigenvalue weighted by atomic mass is 32.1. The van der Waals surface area contributed by atoms with Crippen LogP contribution in [0.25, 0.3) is 0 Å². The molecule has 114 valence electrons. The monoisotopic (exact) mass is 316 g/mol. The summed E-state index contributed by atoms with van der Waals surface area (Å²) in [5.74, 6) is 0.572. The molecule has 1 N–H and O–H groups in total. The number of rotatable bonds is 5. The standard InChI is InChI=1S/C14H15F3N2OS/c1-3-19-12(13-11(20-2)5-7-21-13)9-8-18-6-4-10(9)14(15,16)17/h4-8,12,19H,3H2,1-2H3. The number of hydrogen-bond donors (Lipinski definition) is 1. The summed E-state index contributed by atoms with van der Waals surface area (Å²) in [6, 6.07) is 2.14. The van der Waals surface area contributed by atoms with Gasteiger partial charge in [0.25, 0.3) is 0 Å². The highest BCUT2D eigenvalue weighted by Gasteiger charge is 2.36. The summed E-state index contributed by atoms with van der Waals surface area (Å²) in [5.41, 5.74) is -0.577. The van der Waals surface area contributed by atoms with Crippen molar-refractivity contribution in [1.82, 2.24) is 10.3 Å². The van der Waals surface area contributed by atoms with Crippen LogP contribution >= 0.6 is 11.3 Å². The Morgan fingerprint density at radius 3 is 2.76 bits per heavy atom. The summed E-state index contributed by atoms with van der Waals surface area (Å²) in [4.78, 5) is 4.56. The zero-order valence-electron chi connectivity index (χ0n) is 11.6. The molecule has 0 bridgehead atoms. The minimum absolute atomic E-state index is 0.104. The Bertz CT molecular complexity index is 598. The Kier molecular flexibility index (Phi) is 4.84. The number of ether oxygens (including phenoxy) is 1. The van der Waals surface area contributed by atoms with E-state index in [-0.39, 0.29) is 5.56 Å². The highest BCUT2D eigenvalue weighted by molar-refractivity contribution is 7.10. The topological polar surface area (TPSA) is 34.2 Å². The molecule has 7 heteroatoms. The van der Waals surface area contributed by atoms with Crippen molar-refractivity contribution < 1.29 is 17.9 Å². The molecule has 1 unspecified atom stereocenters. The van der Waals surface area contributed by atoms with Gasteiger partial charge in [-0.3, -0.25) is 4.98 Å². The van der Waals surface area contributed by atoms with E-state index < -0.39 is 17.8 Å². The zero-order chi connectivity index (χ0) is 15.5. The number of nitrogens with one attached hydrogen (secondary N) is 1. The smallest absolute Gasteiger partial charge is 0.416 e. The number of nitrogens with zero attached hydrogens (tertiary/aromatic N) is 1. The average Bonchev–Trinajstić information content (AvgIpc) is 2.92. The highest BCUT2D eigenvalue weighted by Crippen LogP contribution is 2.40. The van der Waals surface area contributed by atoms with Crippen LogP contribution < -0.4 is 10.1 Å². The van der Waals surface area contributed by atoms with Crippen molar-refractivity contribution in [3.63, 3.8) is 0 Å². The van der Waals surface area contributed by atoms with Gasteiger partial charge in [-0.05, 0) is 24.1 Å². The third-order valence-electron chi connectivity index (χ3n) is 3.02. The molecule has 2 aromatic heterocycles. The maximum Gasteiger partial charge on any atom is 0.416 e. The largest absolute Gasteiger partial charge is 0.496 e. The molecule has 0 aliphatic carbocycles. The predicted molar refractivity (Wildman–Crippen MR) is 75.6 cm³/mol. The van der Waals surface area contributed by atoms with E-state index in [9.17, 15) is 13.2 Å². The van der Waals surface area contributed by atoms with Crippen LogP contribution in [0.4, 0.5) is 13.2 Å². The van der Waals surface area contributed by atoms with Gasteiger partial charge in [0, 0.05) is 18.0 Å². The second kappa shape index (κ2) is 6.44. The van der Waals surface area contributed by atoms with Gasteiger partial charge in [-0.1, -0.05) is 6.92 Å².